The molecule has 0 saturated heterocycles. The van der Waals surface area contributed by atoms with Crippen LogP contribution in [0.15, 0.2) is 36.4 Å². The maximum absolute atomic E-state index is 6.61. The molecule has 2 heteroatoms. The van der Waals surface area contributed by atoms with E-state index in [0.29, 0.717) is 5.92 Å². The van der Waals surface area contributed by atoms with Crippen LogP contribution in [0.5, 0.6) is 0 Å². The van der Waals surface area contributed by atoms with Gasteiger partial charge in [-0.1, -0.05) is 67.6 Å². The molecule has 0 heterocycles. The number of nitrogens with two attached hydrogens (primary N) is 1. The van der Waals surface area contributed by atoms with Gasteiger partial charge >= 0.3 is 0 Å². The van der Waals surface area contributed by atoms with E-state index in [2.05, 4.69) is 24.3 Å². The van der Waals surface area contributed by atoms with E-state index < -0.39 is 0 Å². The Kier molecular flexibility index (Phi) is 4.28. The number of halogens is 1. The molecular formula is C18H22ClN. The summed E-state index contributed by atoms with van der Waals surface area (Å²) >= 11 is 6.30. The topological polar surface area (TPSA) is 26.0 Å². The summed E-state index contributed by atoms with van der Waals surface area (Å²) < 4.78 is 0. The predicted octanol–water partition coefficient (Wildman–Crippen LogP) is 5.46. The van der Waals surface area contributed by atoms with Gasteiger partial charge in [-0.3, -0.25) is 0 Å². The number of benzene rings is 2. The Labute approximate surface area is 126 Å². The number of hydrogen-bond acceptors (Lipinski definition) is 1. The van der Waals surface area contributed by atoms with E-state index in [9.17, 15) is 0 Å². The molecule has 3 rings (SSSR count). The van der Waals surface area contributed by atoms with Crippen molar-refractivity contribution in [2.75, 3.05) is 0 Å². The van der Waals surface area contributed by atoms with Crippen molar-refractivity contribution < 1.29 is 0 Å². The lowest BCUT2D eigenvalue weighted by Gasteiger charge is -2.24. The Morgan fingerprint density at radius 3 is 2.25 bits per heavy atom. The van der Waals surface area contributed by atoms with Crippen LogP contribution in [0.2, 0.25) is 5.02 Å². The fraction of sp³-hybridized carbons (Fsp3) is 0.444. The maximum atomic E-state index is 6.61. The van der Waals surface area contributed by atoms with Gasteiger partial charge in [0.1, 0.15) is 0 Å². The van der Waals surface area contributed by atoms with Crippen molar-refractivity contribution in [3.05, 3.63) is 47.0 Å². The van der Waals surface area contributed by atoms with E-state index in [1.165, 1.54) is 49.5 Å². The average Bonchev–Trinajstić information content (AvgIpc) is 2.76. The molecule has 0 amide bonds. The standard InChI is InChI=1S/C18H22ClN/c19-17-12-11-16(14-9-5-6-10-15(14)17)18(20)13-7-3-1-2-4-8-13/h5-6,9-13,18H,1-4,7-8,20H2. The molecule has 1 fully saturated rings. The maximum Gasteiger partial charge on any atom is 0.0484 e. The Bertz CT molecular complexity index is 585. The van der Waals surface area contributed by atoms with E-state index in [1.54, 1.807) is 0 Å². The summed E-state index contributed by atoms with van der Waals surface area (Å²) in [6.07, 6.45) is 7.90. The highest BCUT2D eigenvalue weighted by Gasteiger charge is 2.22. The summed E-state index contributed by atoms with van der Waals surface area (Å²) in [5, 5.41) is 3.16. The third kappa shape index (κ3) is 2.70. The normalized spacial score (nSPS) is 18.9. The molecule has 1 aliphatic rings. The van der Waals surface area contributed by atoms with Crippen LogP contribution in [-0.2, 0) is 0 Å². The molecule has 0 radical (unpaired) electrons. The molecule has 0 bridgehead atoms. The molecule has 1 aliphatic carbocycles. The average molecular weight is 288 g/mol. The van der Waals surface area contributed by atoms with Gasteiger partial charge in [-0.2, -0.15) is 0 Å². The van der Waals surface area contributed by atoms with Crippen molar-refractivity contribution >= 4 is 22.4 Å². The van der Waals surface area contributed by atoms with Crippen LogP contribution in [0.4, 0.5) is 0 Å². The molecule has 1 atom stereocenters. The van der Waals surface area contributed by atoms with Crippen molar-refractivity contribution in [1.29, 1.82) is 0 Å². The third-order valence-corrected chi connectivity index (χ3v) is 5.00. The largest absolute Gasteiger partial charge is 0.324 e. The molecule has 0 aromatic heterocycles. The zero-order chi connectivity index (χ0) is 13.9. The minimum atomic E-state index is 0.135. The van der Waals surface area contributed by atoms with Gasteiger partial charge in [-0.05, 0) is 35.8 Å². The first-order valence-corrected chi connectivity index (χ1v) is 8.08. The molecule has 1 nitrogen and oxygen atoms in total. The summed E-state index contributed by atoms with van der Waals surface area (Å²) in [6, 6.07) is 12.6. The van der Waals surface area contributed by atoms with Gasteiger partial charge in [0.15, 0.2) is 0 Å². The number of fused-ring (bicyclic) bond motifs is 1. The summed E-state index contributed by atoms with van der Waals surface area (Å²) in [6.45, 7) is 0. The quantitative estimate of drug-likeness (QED) is 0.729. The summed E-state index contributed by atoms with van der Waals surface area (Å²) in [5.74, 6) is 0.613. The first-order chi connectivity index (χ1) is 9.77. The van der Waals surface area contributed by atoms with Gasteiger partial charge in [0.05, 0.1) is 0 Å². The zero-order valence-corrected chi connectivity index (χ0v) is 12.6. The second kappa shape index (κ2) is 6.15. The van der Waals surface area contributed by atoms with Gasteiger partial charge in [0.2, 0.25) is 0 Å². The second-order valence-corrected chi connectivity index (χ2v) is 6.37. The molecule has 1 saturated carbocycles. The van der Waals surface area contributed by atoms with Crippen LogP contribution in [0, 0.1) is 5.92 Å². The molecule has 2 aromatic carbocycles. The van der Waals surface area contributed by atoms with Gasteiger partial charge < -0.3 is 5.73 Å². The Morgan fingerprint density at radius 1 is 0.900 bits per heavy atom. The first kappa shape index (κ1) is 13.9. The second-order valence-electron chi connectivity index (χ2n) is 5.96. The lowest BCUT2D eigenvalue weighted by molar-refractivity contribution is 0.384. The Balaban J connectivity index is 1.98. The van der Waals surface area contributed by atoms with Crippen LogP contribution >= 0.6 is 11.6 Å². The van der Waals surface area contributed by atoms with Crippen molar-refractivity contribution in [1.82, 2.24) is 0 Å². The van der Waals surface area contributed by atoms with E-state index >= 15 is 0 Å². The van der Waals surface area contributed by atoms with E-state index in [0.717, 1.165) is 10.4 Å². The molecular weight excluding hydrogens is 266 g/mol. The van der Waals surface area contributed by atoms with Crippen molar-refractivity contribution in [2.45, 2.75) is 44.6 Å². The smallest absolute Gasteiger partial charge is 0.0484 e. The Hall–Kier alpha value is -1.05. The lowest BCUT2D eigenvalue weighted by Crippen LogP contribution is -2.21. The van der Waals surface area contributed by atoms with Crippen LogP contribution in [0.3, 0.4) is 0 Å². The summed E-state index contributed by atoms with van der Waals surface area (Å²) in [7, 11) is 0. The highest BCUT2D eigenvalue weighted by molar-refractivity contribution is 6.35. The van der Waals surface area contributed by atoms with Crippen LogP contribution in [0.25, 0.3) is 10.8 Å². The summed E-state index contributed by atoms with van der Waals surface area (Å²) in [4.78, 5) is 0. The number of rotatable bonds is 2. The fourth-order valence-electron chi connectivity index (χ4n) is 3.50. The SMILES string of the molecule is NC(c1ccc(Cl)c2ccccc12)C1CCCCCC1. The molecule has 20 heavy (non-hydrogen) atoms. The molecule has 0 spiro atoms. The summed E-state index contributed by atoms with van der Waals surface area (Å²) in [5.41, 5.74) is 7.87. The molecule has 106 valence electrons. The minimum Gasteiger partial charge on any atom is -0.324 e. The molecule has 2 aromatic rings. The van der Waals surface area contributed by atoms with E-state index in [-0.39, 0.29) is 6.04 Å². The van der Waals surface area contributed by atoms with E-state index in [1.807, 2.05) is 12.1 Å². The van der Waals surface area contributed by atoms with Crippen LogP contribution < -0.4 is 5.73 Å². The van der Waals surface area contributed by atoms with Gasteiger partial charge in [-0.25, -0.2) is 0 Å². The van der Waals surface area contributed by atoms with Gasteiger partial charge in [-0.15, -0.1) is 0 Å². The monoisotopic (exact) mass is 287 g/mol. The molecule has 0 aliphatic heterocycles. The van der Waals surface area contributed by atoms with Gasteiger partial charge in [0.25, 0.3) is 0 Å². The van der Waals surface area contributed by atoms with Crippen LogP contribution in [-0.4, -0.2) is 0 Å². The first-order valence-electron chi connectivity index (χ1n) is 7.70. The Morgan fingerprint density at radius 2 is 1.55 bits per heavy atom. The highest BCUT2D eigenvalue weighted by atomic mass is 35.5. The lowest BCUT2D eigenvalue weighted by atomic mass is 9.86. The minimum absolute atomic E-state index is 0.135. The van der Waals surface area contributed by atoms with Crippen LogP contribution in [0.1, 0.15) is 50.1 Å². The van der Waals surface area contributed by atoms with Crippen molar-refractivity contribution in [3.63, 3.8) is 0 Å². The molecule has 2 N–H and O–H groups in total. The van der Waals surface area contributed by atoms with Gasteiger partial charge in [0, 0.05) is 16.5 Å². The van der Waals surface area contributed by atoms with E-state index in [4.69, 9.17) is 17.3 Å². The number of hydrogen-bond donors (Lipinski definition) is 1. The molecule has 1 unspecified atom stereocenters. The third-order valence-electron chi connectivity index (χ3n) is 4.67. The predicted molar refractivity (Wildman–Crippen MR) is 87.1 cm³/mol. The van der Waals surface area contributed by atoms with Crippen molar-refractivity contribution in [3.8, 4) is 0 Å². The fourth-order valence-corrected chi connectivity index (χ4v) is 3.73. The zero-order valence-electron chi connectivity index (χ0n) is 11.8. The van der Waals surface area contributed by atoms with Crippen molar-refractivity contribution in [2.24, 2.45) is 11.7 Å². The highest BCUT2D eigenvalue weighted by Crippen LogP contribution is 2.36.